The average molecular weight is 908 g/mol. The van der Waals surface area contributed by atoms with E-state index in [0.717, 1.165) is 28.1 Å². The molecule has 3 nitrogen and oxygen atoms in total. The number of para-hydroxylation sites is 4. The summed E-state index contributed by atoms with van der Waals surface area (Å²) in [6.45, 7) is 0. The van der Waals surface area contributed by atoms with Gasteiger partial charge < -0.3 is 13.7 Å². The average Bonchev–Trinajstić information content (AvgIpc) is 4.08. The minimum atomic E-state index is -2.97. The highest BCUT2D eigenvalue weighted by atomic mass is 28.3. The van der Waals surface area contributed by atoms with Crippen LogP contribution in [0.5, 0.6) is 0 Å². The SMILES string of the molecule is c1ccc(-c2ccc(-n3c4ccc(-n5c6ccccc6c6ccccc65)cc4c4cc(-n5c6ccccc6c6cccc([Si](c7ccccc7)(c7ccccc7)c7ccccc7)c65)ccc43)cc2)cc1. The van der Waals surface area contributed by atoms with Crippen molar-refractivity contribution in [2.45, 2.75) is 0 Å². The lowest BCUT2D eigenvalue weighted by Gasteiger charge is -2.35. The molecule has 0 amide bonds. The summed E-state index contributed by atoms with van der Waals surface area (Å²) in [4.78, 5) is 0. The summed E-state index contributed by atoms with van der Waals surface area (Å²) in [7, 11) is -2.97. The van der Waals surface area contributed by atoms with Crippen molar-refractivity contribution >= 4 is 94.2 Å². The van der Waals surface area contributed by atoms with Gasteiger partial charge in [-0.2, -0.15) is 0 Å². The van der Waals surface area contributed by atoms with Gasteiger partial charge in [0.15, 0.2) is 8.07 Å². The minimum Gasteiger partial charge on any atom is -0.309 e. The van der Waals surface area contributed by atoms with Gasteiger partial charge in [0.25, 0.3) is 0 Å². The van der Waals surface area contributed by atoms with Crippen molar-refractivity contribution in [1.29, 1.82) is 0 Å². The van der Waals surface area contributed by atoms with Gasteiger partial charge in [-0.25, -0.2) is 0 Å². The summed E-state index contributed by atoms with van der Waals surface area (Å²) in [5.74, 6) is 0. The van der Waals surface area contributed by atoms with Gasteiger partial charge in [0.05, 0.1) is 33.1 Å². The summed E-state index contributed by atoms with van der Waals surface area (Å²) in [5.41, 5.74) is 13.0. The van der Waals surface area contributed by atoms with E-state index in [1.807, 2.05) is 0 Å². The Morgan fingerprint density at radius 1 is 0.229 bits per heavy atom. The van der Waals surface area contributed by atoms with Gasteiger partial charge in [0.1, 0.15) is 0 Å². The monoisotopic (exact) mass is 907 g/mol. The van der Waals surface area contributed by atoms with E-state index >= 15 is 0 Å². The van der Waals surface area contributed by atoms with Crippen LogP contribution in [0.4, 0.5) is 0 Å². The second kappa shape index (κ2) is 16.1. The Bertz CT molecular complexity index is 4110. The molecule has 0 aliphatic carbocycles. The highest BCUT2D eigenvalue weighted by Crippen LogP contribution is 2.40. The highest BCUT2D eigenvalue weighted by molar-refractivity contribution is 7.20. The molecule has 328 valence electrons. The number of hydrogen-bond acceptors (Lipinski definition) is 0. The van der Waals surface area contributed by atoms with E-state index < -0.39 is 8.07 Å². The lowest BCUT2D eigenvalue weighted by molar-refractivity contribution is 1.16. The van der Waals surface area contributed by atoms with Gasteiger partial charge in [-0.05, 0) is 98.6 Å². The van der Waals surface area contributed by atoms with Gasteiger partial charge in [0, 0.05) is 49.4 Å². The fourth-order valence-corrected chi connectivity index (χ4v) is 16.8. The van der Waals surface area contributed by atoms with Crippen molar-refractivity contribution in [3.05, 3.63) is 273 Å². The van der Waals surface area contributed by atoms with Crippen LogP contribution in [0.1, 0.15) is 0 Å². The predicted octanol–water partition coefficient (Wildman–Crippen LogP) is 14.0. The standard InChI is InChI=1S/C66H45N3Si/c1-5-20-46(21-6-1)47-36-38-48(39-37-47)67-63-42-40-49(68-60-32-16-13-28-54(60)55-29-14-17-33-61(55)68)44-58(63)59-45-50(41-43-64(59)67)69-62-34-18-15-30-56(62)57-31-19-35-65(66(57)69)70(51-22-7-2-8-23-51,52-24-9-3-10-25-52)53-26-11-4-12-27-53/h1-45H. The van der Waals surface area contributed by atoms with Crippen LogP contribution in [0.2, 0.25) is 0 Å². The van der Waals surface area contributed by atoms with E-state index in [4.69, 9.17) is 0 Å². The molecule has 3 aromatic heterocycles. The fourth-order valence-electron chi connectivity index (χ4n) is 11.8. The van der Waals surface area contributed by atoms with E-state index in [9.17, 15) is 0 Å². The van der Waals surface area contributed by atoms with Crippen LogP contribution < -0.4 is 20.7 Å². The van der Waals surface area contributed by atoms with E-state index in [2.05, 4.69) is 287 Å². The first-order valence-electron chi connectivity index (χ1n) is 24.2. The van der Waals surface area contributed by atoms with Crippen molar-refractivity contribution in [3.8, 4) is 28.2 Å². The Kier molecular flexibility index (Phi) is 9.23. The van der Waals surface area contributed by atoms with Crippen LogP contribution in [0.25, 0.3) is 93.6 Å². The Morgan fingerprint density at radius 2 is 0.586 bits per heavy atom. The maximum Gasteiger partial charge on any atom is 0.181 e. The molecule has 0 aliphatic heterocycles. The van der Waals surface area contributed by atoms with E-state index in [1.54, 1.807) is 0 Å². The zero-order valence-corrected chi connectivity index (χ0v) is 39.3. The molecule has 0 fully saturated rings. The molecule has 0 aliphatic rings. The number of nitrogens with zero attached hydrogens (tertiary/aromatic N) is 3. The maximum atomic E-state index is 2.57. The first kappa shape index (κ1) is 40.1. The molecular formula is C66H45N3Si. The second-order valence-electron chi connectivity index (χ2n) is 18.4. The van der Waals surface area contributed by atoms with Crippen LogP contribution >= 0.6 is 0 Å². The Labute approximate surface area is 407 Å². The molecule has 14 aromatic rings. The summed E-state index contributed by atoms with van der Waals surface area (Å²) in [6.07, 6.45) is 0. The molecule has 0 N–H and O–H groups in total. The minimum absolute atomic E-state index is 1.13. The highest BCUT2D eigenvalue weighted by Gasteiger charge is 2.43. The Balaban J connectivity index is 1.08. The van der Waals surface area contributed by atoms with Crippen LogP contribution in [0.3, 0.4) is 0 Å². The third-order valence-electron chi connectivity index (χ3n) is 14.8. The van der Waals surface area contributed by atoms with Gasteiger partial charge in [0.2, 0.25) is 0 Å². The number of benzene rings is 11. The quantitative estimate of drug-likeness (QED) is 0.107. The first-order valence-corrected chi connectivity index (χ1v) is 26.2. The van der Waals surface area contributed by atoms with Crippen LogP contribution in [-0.2, 0) is 0 Å². The molecule has 14 rings (SSSR count). The largest absolute Gasteiger partial charge is 0.309 e. The van der Waals surface area contributed by atoms with Crippen molar-refractivity contribution in [2.75, 3.05) is 0 Å². The van der Waals surface area contributed by atoms with E-state index in [-0.39, 0.29) is 0 Å². The van der Waals surface area contributed by atoms with Gasteiger partial charge in [-0.3, -0.25) is 0 Å². The third kappa shape index (κ3) is 6.00. The van der Waals surface area contributed by atoms with Crippen LogP contribution in [0.15, 0.2) is 273 Å². The lowest BCUT2D eigenvalue weighted by Crippen LogP contribution is -2.75. The maximum absolute atomic E-state index is 2.97. The number of rotatable bonds is 8. The summed E-state index contributed by atoms with van der Waals surface area (Å²) in [6, 6.07) is 101. The molecule has 0 saturated heterocycles. The van der Waals surface area contributed by atoms with Crippen molar-refractivity contribution < 1.29 is 0 Å². The molecular weight excluding hydrogens is 863 g/mol. The third-order valence-corrected chi connectivity index (χ3v) is 19.6. The van der Waals surface area contributed by atoms with Crippen LogP contribution in [-0.4, -0.2) is 21.8 Å². The number of hydrogen-bond donors (Lipinski definition) is 0. The fraction of sp³-hybridized carbons (Fsp3) is 0. The van der Waals surface area contributed by atoms with Gasteiger partial charge in [-0.15, -0.1) is 0 Å². The molecule has 0 saturated carbocycles. The molecule has 70 heavy (non-hydrogen) atoms. The van der Waals surface area contributed by atoms with Gasteiger partial charge in [-0.1, -0.05) is 206 Å². The number of aromatic nitrogens is 3. The molecule has 0 spiro atoms. The van der Waals surface area contributed by atoms with E-state index in [1.165, 1.54) is 86.3 Å². The Morgan fingerprint density at radius 3 is 1.10 bits per heavy atom. The zero-order chi connectivity index (χ0) is 46.2. The second-order valence-corrected chi connectivity index (χ2v) is 22.2. The zero-order valence-electron chi connectivity index (χ0n) is 38.3. The molecule has 0 unspecified atom stereocenters. The topological polar surface area (TPSA) is 14.8 Å². The number of fused-ring (bicyclic) bond motifs is 9. The predicted molar refractivity (Wildman–Crippen MR) is 299 cm³/mol. The van der Waals surface area contributed by atoms with E-state index in [0.29, 0.717) is 0 Å². The summed E-state index contributed by atoms with van der Waals surface area (Å²) in [5, 5.41) is 12.8. The molecule has 0 atom stereocenters. The van der Waals surface area contributed by atoms with Crippen molar-refractivity contribution in [2.24, 2.45) is 0 Å². The molecule has 4 heteroatoms. The summed E-state index contributed by atoms with van der Waals surface area (Å²) < 4.78 is 7.46. The lowest BCUT2D eigenvalue weighted by atomic mass is 10.1. The molecule has 0 bridgehead atoms. The molecule has 11 aromatic carbocycles. The Hall–Kier alpha value is -8.96. The molecule has 0 radical (unpaired) electrons. The smallest absolute Gasteiger partial charge is 0.181 e. The van der Waals surface area contributed by atoms with Crippen molar-refractivity contribution in [3.63, 3.8) is 0 Å². The summed E-state index contributed by atoms with van der Waals surface area (Å²) >= 11 is 0. The van der Waals surface area contributed by atoms with Crippen LogP contribution in [0, 0.1) is 0 Å². The molecule has 3 heterocycles. The van der Waals surface area contributed by atoms with Crippen molar-refractivity contribution in [1.82, 2.24) is 13.7 Å². The normalized spacial score (nSPS) is 12.0. The first-order chi connectivity index (χ1) is 34.8. The van der Waals surface area contributed by atoms with Gasteiger partial charge >= 0.3 is 0 Å².